The average molecular weight is 183 g/mol. The SMILES string of the molecule is CCNC/C(=C\C1CCOC1)CC. The molecular weight excluding hydrogens is 162 g/mol. The van der Waals surface area contributed by atoms with E-state index in [0.717, 1.165) is 32.7 Å². The molecule has 2 heteroatoms. The van der Waals surface area contributed by atoms with Crippen LogP contribution in [0.2, 0.25) is 0 Å². The van der Waals surface area contributed by atoms with Crippen LogP contribution in [0.5, 0.6) is 0 Å². The van der Waals surface area contributed by atoms with Gasteiger partial charge in [-0.1, -0.05) is 25.5 Å². The molecular formula is C11H21NO. The molecule has 1 atom stereocenters. The highest BCUT2D eigenvalue weighted by Crippen LogP contribution is 2.16. The molecule has 1 rings (SSSR count). The van der Waals surface area contributed by atoms with Crippen molar-refractivity contribution in [3.05, 3.63) is 11.6 Å². The summed E-state index contributed by atoms with van der Waals surface area (Å²) in [6, 6.07) is 0. The van der Waals surface area contributed by atoms with E-state index in [-0.39, 0.29) is 0 Å². The zero-order chi connectivity index (χ0) is 9.52. The molecule has 2 nitrogen and oxygen atoms in total. The number of likely N-dealkylation sites (N-methyl/N-ethyl adjacent to an activating group) is 1. The van der Waals surface area contributed by atoms with Gasteiger partial charge in [0.1, 0.15) is 0 Å². The zero-order valence-corrected chi connectivity index (χ0v) is 8.81. The molecule has 0 aromatic heterocycles. The summed E-state index contributed by atoms with van der Waals surface area (Å²) in [5.74, 6) is 0.675. The number of ether oxygens (including phenoxy) is 1. The second-order valence-electron chi connectivity index (χ2n) is 3.58. The third kappa shape index (κ3) is 3.92. The first-order chi connectivity index (χ1) is 6.36. The quantitative estimate of drug-likeness (QED) is 0.658. The molecule has 0 aromatic rings. The molecule has 0 aromatic carbocycles. The van der Waals surface area contributed by atoms with Gasteiger partial charge in [0.05, 0.1) is 6.61 Å². The lowest BCUT2D eigenvalue weighted by Crippen LogP contribution is -2.16. The Balaban J connectivity index is 2.33. The average Bonchev–Trinajstić information content (AvgIpc) is 2.64. The number of rotatable bonds is 5. The maximum absolute atomic E-state index is 5.34. The van der Waals surface area contributed by atoms with Crippen molar-refractivity contribution in [3.8, 4) is 0 Å². The zero-order valence-electron chi connectivity index (χ0n) is 8.81. The number of nitrogens with one attached hydrogen (secondary N) is 1. The van der Waals surface area contributed by atoms with Crippen molar-refractivity contribution in [1.82, 2.24) is 5.32 Å². The Morgan fingerprint density at radius 2 is 2.38 bits per heavy atom. The van der Waals surface area contributed by atoms with Gasteiger partial charge in [0, 0.05) is 19.1 Å². The molecule has 13 heavy (non-hydrogen) atoms. The van der Waals surface area contributed by atoms with Gasteiger partial charge in [-0.05, 0) is 19.4 Å². The van der Waals surface area contributed by atoms with Gasteiger partial charge in [-0.25, -0.2) is 0 Å². The highest BCUT2D eigenvalue weighted by molar-refractivity contribution is 5.06. The fourth-order valence-corrected chi connectivity index (χ4v) is 1.60. The van der Waals surface area contributed by atoms with Gasteiger partial charge >= 0.3 is 0 Å². The van der Waals surface area contributed by atoms with Gasteiger partial charge in [0.2, 0.25) is 0 Å². The van der Waals surface area contributed by atoms with Gasteiger partial charge in [0.15, 0.2) is 0 Å². The van der Waals surface area contributed by atoms with Crippen molar-refractivity contribution >= 4 is 0 Å². The lowest BCUT2D eigenvalue weighted by atomic mass is 10.0. The molecule has 1 saturated heterocycles. The summed E-state index contributed by atoms with van der Waals surface area (Å²) in [6.45, 7) is 8.34. The standard InChI is InChI=1S/C11H21NO/c1-3-10(8-12-4-2)7-11-5-6-13-9-11/h7,11-12H,3-6,8-9H2,1-2H3/b10-7-. The lowest BCUT2D eigenvalue weighted by Gasteiger charge is -2.08. The minimum Gasteiger partial charge on any atom is -0.381 e. The topological polar surface area (TPSA) is 21.3 Å². The van der Waals surface area contributed by atoms with Crippen LogP contribution >= 0.6 is 0 Å². The molecule has 1 aliphatic heterocycles. The van der Waals surface area contributed by atoms with E-state index in [2.05, 4.69) is 25.2 Å². The highest BCUT2D eigenvalue weighted by atomic mass is 16.5. The van der Waals surface area contributed by atoms with Gasteiger partial charge in [-0.2, -0.15) is 0 Å². The lowest BCUT2D eigenvalue weighted by molar-refractivity contribution is 0.191. The molecule has 0 radical (unpaired) electrons. The molecule has 1 unspecified atom stereocenters. The van der Waals surface area contributed by atoms with Crippen molar-refractivity contribution < 1.29 is 4.74 Å². The van der Waals surface area contributed by atoms with Crippen LogP contribution in [-0.4, -0.2) is 26.3 Å². The first-order valence-corrected chi connectivity index (χ1v) is 5.34. The van der Waals surface area contributed by atoms with Gasteiger partial charge < -0.3 is 10.1 Å². The smallest absolute Gasteiger partial charge is 0.0529 e. The van der Waals surface area contributed by atoms with E-state index in [1.54, 1.807) is 0 Å². The first kappa shape index (κ1) is 10.7. The number of hydrogen-bond acceptors (Lipinski definition) is 2. The summed E-state index contributed by atoms with van der Waals surface area (Å²) in [5, 5.41) is 3.36. The van der Waals surface area contributed by atoms with Gasteiger partial charge in [-0.15, -0.1) is 0 Å². The Morgan fingerprint density at radius 3 is 2.92 bits per heavy atom. The van der Waals surface area contributed by atoms with Gasteiger partial charge in [0.25, 0.3) is 0 Å². The molecule has 76 valence electrons. The van der Waals surface area contributed by atoms with E-state index >= 15 is 0 Å². The van der Waals surface area contributed by atoms with Crippen LogP contribution in [0.4, 0.5) is 0 Å². The number of hydrogen-bond donors (Lipinski definition) is 1. The molecule has 1 fully saturated rings. The van der Waals surface area contributed by atoms with Crippen LogP contribution in [0.25, 0.3) is 0 Å². The normalized spacial score (nSPS) is 23.8. The molecule has 1 N–H and O–H groups in total. The first-order valence-electron chi connectivity index (χ1n) is 5.34. The fraction of sp³-hybridized carbons (Fsp3) is 0.818. The summed E-state index contributed by atoms with van der Waals surface area (Å²) in [5.41, 5.74) is 1.53. The maximum Gasteiger partial charge on any atom is 0.0529 e. The minimum absolute atomic E-state index is 0.675. The Labute approximate surface area is 81.4 Å². The second kappa shape index (κ2) is 6.17. The molecule has 0 bridgehead atoms. The highest BCUT2D eigenvalue weighted by Gasteiger charge is 2.13. The third-order valence-electron chi connectivity index (χ3n) is 2.49. The van der Waals surface area contributed by atoms with Crippen molar-refractivity contribution in [2.24, 2.45) is 5.92 Å². The Bertz CT molecular complexity index is 159. The van der Waals surface area contributed by atoms with Crippen LogP contribution in [0.1, 0.15) is 26.7 Å². The van der Waals surface area contributed by atoms with Gasteiger partial charge in [-0.3, -0.25) is 0 Å². The molecule has 0 saturated carbocycles. The summed E-state index contributed by atoms with van der Waals surface area (Å²) >= 11 is 0. The van der Waals surface area contributed by atoms with Crippen molar-refractivity contribution in [1.29, 1.82) is 0 Å². The van der Waals surface area contributed by atoms with E-state index in [9.17, 15) is 0 Å². The molecule has 0 spiro atoms. The van der Waals surface area contributed by atoms with E-state index in [4.69, 9.17) is 4.74 Å². The van der Waals surface area contributed by atoms with E-state index in [0.29, 0.717) is 5.92 Å². The van der Waals surface area contributed by atoms with E-state index in [1.807, 2.05) is 0 Å². The van der Waals surface area contributed by atoms with Crippen LogP contribution in [0.3, 0.4) is 0 Å². The van der Waals surface area contributed by atoms with E-state index < -0.39 is 0 Å². The van der Waals surface area contributed by atoms with Crippen LogP contribution in [-0.2, 0) is 4.74 Å². The maximum atomic E-state index is 5.34. The summed E-state index contributed by atoms with van der Waals surface area (Å²) in [4.78, 5) is 0. The Morgan fingerprint density at radius 1 is 1.54 bits per heavy atom. The summed E-state index contributed by atoms with van der Waals surface area (Å²) in [7, 11) is 0. The van der Waals surface area contributed by atoms with E-state index in [1.165, 1.54) is 12.0 Å². The third-order valence-corrected chi connectivity index (χ3v) is 2.49. The monoisotopic (exact) mass is 183 g/mol. The molecule has 0 amide bonds. The predicted molar refractivity (Wildman–Crippen MR) is 55.8 cm³/mol. The minimum atomic E-state index is 0.675. The van der Waals surface area contributed by atoms with Crippen LogP contribution in [0, 0.1) is 5.92 Å². The molecule has 1 heterocycles. The summed E-state index contributed by atoms with van der Waals surface area (Å²) in [6.07, 6.45) is 4.76. The fourth-order valence-electron chi connectivity index (χ4n) is 1.60. The Hall–Kier alpha value is -0.340. The van der Waals surface area contributed by atoms with Crippen molar-refractivity contribution in [3.63, 3.8) is 0 Å². The predicted octanol–water partition coefficient (Wildman–Crippen LogP) is 1.97. The van der Waals surface area contributed by atoms with Crippen LogP contribution < -0.4 is 5.32 Å². The summed E-state index contributed by atoms with van der Waals surface area (Å²) < 4.78 is 5.34. The molecule has 0 aliphatic carbocycles. The van der Waals surface area contributed by atoms with Crippen molar-refractivity contribution in [2.75, 3.05) is 26.3 Å². The Kier molecular flexibility index (Phi) is 5.09. The van der Waals surface area contributed by atoms with Crippen LogP contribution in [0.15, 0.2) is 11.6 Å². The largest absolute Gasteiger partial charge is 0.381 e. The second-order valence-corrected chi connectivity index (χ2v) is 3.58. The van der Waals surface area contributed by atoms with Crippen molar-refractivity contribution in [2.45, 2.75) is 26.7 Å². The molecule has 1 aliphatic rings.